The number of rotatable bonds is 11. The zero-order chi connectivity index (χ0) is 17.8. The highest BCUT2D eigenvalue weighted by Gasteiger charge is 2.13. The van der Waals surface area contributed by atoms with Gasteiger partial charge in [-0.1, -0.05) is 13.8 Å². The number of carbonyl (C=O) groups is 2. The molecule has 0 saturated heterocycles. The maximum Gasteiger partial charge on any atom is 0.224 e. The standard InChI is InChI=1S/C18H28N2O4/c1-4-10-24-16-7-5-15(6-8-16)20-18(22)13-14(2)12-17(21)19-9-11-23-3/h5-8,14H,4,9-13H2,1-3H3,(H,19,21)(H,20,22)/t14-/m1/s1. The Hall–Kier alpha value is -2.08. The number of anilines is 1. The first-order chi connectivity index (χ1) is 11.5. The lowest BCUT2D eigenvalue weighted by atomic mass is 10.0. The summed E-state index contributed by atoms with van der Waals surface area (Å²) in [5.41, 5.74) is 0.723. The van der Waals surface area contributed by atoms with Crippen molar-refractivity contribution in [3.05, 3.63) is 24.3 Å². The van der Waals surface area contributed by atoms with Crippen LogP contribution >= 0.6 is 0 Å². The number of amides is 2. The predicted molar refractivity (Wildman–Crippen MR) is 94.1 cm³/mol. The monoisotopic (exact) mass is 336 g/mol. The highest BCUT2D eigenvalue weighted by molar-refractivity contribution is 5.91. The van der Waals surface area contributed by atoms with E-state index in [-0.39, 0.29) is 17.7 Å². The van der Waals surface area contributed by atoms with E-state index in [9.17, 15) is 9.59 Å². The topological polar surface area (TPSA) is 76.7 Å². The van der Waals surface area contributed by atoms with Gasteiger partial charge in [-0.3, -0.25) is 9.59 Å². The number of nitrogens with one attached hydrogen (secondary N) is 2. The van der Waals surface area contributed by atoms with Crippen LogP contribution < -0.4 is 15.4 Å². The molecule has 6 heteroatoms. The summed E-state index contributed by atoms with van der Waals surface area (Å²) in [6, 6.07) is 7.28. The molecule has 0 aliphatic carbocycles. The van der Waals surface area contributed by atoms with E-state index in [1.807, 2.05) is 38.1 Å². The van der Waals surface area contributed by atoms with Gasteiger partial charge in [-0.2, -0.15) is 0 Å². The second-order valence-electron chi connectivity index (χ2n) is 5.78. The molecule has 0 radical (unpaired) electrons. The molecule has 0 aliphatic heterocycles. The summed E-state index contributed by atoms with van der Waals surface area (Å²) in [7, 11) is 1.58. The maximum atomic E-state index is 12.0. The molecule has 134 valence electrons. The molecule has 1 rings (SSSR count). The van der Waals surface area contributed by atoms with E-state index < -0.39 is 0 Å². The lowest BCUT2D eigenvalue weighted by Gasteiger charge is -2.12. The van der Waals surface area contributed by atoms with Crippen LogP contribution in [0.5, 0.6) is 5.75 Å². The quantitative estimate of drug-likeness (QED) is 0.609. The summed E-state index contributed by atoms with van der Waals surface area (Å²) < 4.78 is 10.4. The second-order valence-corrected chi connectivity index (χ2v) is 5.78. The third-order valence-corrected chi connectivity index (χ3v) is 3.31. The van der Waals surface area contributed by atoms with E-state index in [1.54, 1.807) is 7.11 Å². The van der Waals surface area contributed by atoms with E-state index in [1.165, 1.54) is 0 Å². The van der Waals surface area contributed by atoms with Crippen molar-refractivity contribution < 1.29 is 19.1 Å². The summed E-state index contributed by atoms with van der Waals surface area (Å²) >= 11 is 0. The molecule has 0 unspecified atom stereocenters. The Morgan fingerprint density at radius 2 is 1.75 bits per heavy atom. The Morgan fingerprint density at radius 3 is 2.38 bits per heavy atom. The van der Waals surface area contributed by atoms with Gasteiger partial charge in [-0.05, 0) is 36.6 Å². The number of benzene rings is 1. The summed E-state index contributed by atoms with van der Waals surface area (Å²) in [5, 5.41) is 5.59. The van der Waals surface area contributed by atoms with Crippen LogP contribution in [-0.2, 0) is 14.3 Å². The van der Waals surface area contributed by atoms with Crippen molar-refractivity contribution in [2.75, 3.05) is 32.2 Å². The van der Waals surface area contributed by atoms with Crippen LogP contribution in [0.3, 0.4) is 0 Å². The van der Waals surface area contributed by atoms with E-state index in [2.05, 4.69) is 10.6 Å². The zero-order valence-corrected chi connectivity index (χ0v) is 14.8. The van der Waals surface area contributed by atoms with Crippen LogP contribution in [0.4, 0.5) is 5.69 Å². The van der Waals surface area contributed by atoms with Crippen molar-refractivity contribution in [3.8, 4) is 5.75 Å². The van der Waals surface area contributed by atoms with Crippen molar-refractivity contribution in [2.45, 2.75) is 33.1 Å². The van der Waals surface area contributed by atoms with Crippen LogP contribution in [0, 0.1) is 5.92 Å². The fourth-order valence-electron chi connectivity index (χ4n) is 2.14. The van der Waals surface area contributed by atoms with E-state index >= 15 is 0 Å². The molecule has 0 bridgehead atoms. The molecular weight excluding hydrogens is 308 g/mol. The fourth-order valence-corrected chi connectivity index (χ4v) is 2.14. The smallest absolute Gasteiger partial charge is 0.224 e. The lowest BCUT2D eigenvalue weighted by molar-refractivity contribution is -0.122. The van der Waals surface area contributed by atoms with Gasteiger partial charge >= 0.3 is 0 Å². The normalized spacial score (nSPS) is 11.6. The Morgan fingerprint density at radius 1 is 1.08 bits per heavy atom. The van der Waals surface area contributed by atoms with Crippen LogP contribution in [0.2, 0.25) is 0 Å². The van der Waals surface area contributed by atoms with Gasteiger partial charge in [0.15, 0.2) is 0 Å². The molecule has 1 atom stereocenters. The van der Waals surface area contributed by atoms with Crippen molar-refractivity contribution in [2.24, 2.45) is 5.92 Å². The molecule has 2 amide bonds. The number of hydrogen-bond acceptors (Lipinski definition) is 4. The van der Waals surface area contributed by atoms with E-state index in [0.717, 1.165) is 17.9 Å². The summed E-state index contributed by atoms with van der Waals surface area (Å²) in [4.78, 5) is 23.7. The minimum Gasteiger partial charge on any atom is -0.494 e. The number of hydrogen-bond donors (Lipinski definition) is 2. The molecule has 2 N–H and O–H groups in total. The van der Waals surface area contributed by atoms with E-state index in [0.29, 0.717) is 32.6 Å². The van der Waals surface area contributed by atoms with Crippen LogP contribution in [0.15, 0.2) is 24.3 Å². The molecule has 0 fully saturated rings. The first-order valence-corrected chi connectivity index (χ1v) is 8.33. The van der Waals surface area contributed by atoms with Gasteiger partial charge in [0.2, 0.25) is 11.8 Å². The number of carbonyl (C=O) groups excluding carboxylic acids is 2. The molecular formula is C18H28N2O4. The average Bonchev–Trinajstić information content (AvgIpc) is 2.54. The Kier molecular flexibility index (Phi) is 9.53. The molecule has 0 heterocycles. The molecule has 0 aromatic heterocycles. The third kappa shape index (κ3) is 8.53. The Labute approximate surface area is 143 Å². The van der Waals surface area contributed by atoms with Gasteiger partial charge in [0.1, 0.15) is 5.75 Å². The average molecular weight is 336 g/mol. The first kappa shape index (κ1) is 20.0. The van der Waals surface area contributed by atoms with Crippen molar-refractivity contribution in [1.82, 2.24) is 5.32 Å². The van der Waals surface area contributed by atoms with Gasteiger partial charge < -0.3 is 20.1 Å². The molecule has 0 spiro atoms. The number of methoxy groups -OCH3 is 1. The van der Waals surface area contributed by atoms with Gasteiger partial charge in [-0.15, -0.1) is 0 Å². The van der Waals surface area contributed by atoms with Crippen LogP contribution in [-0.4, -0.2) is 38.7 Å². The van der Waals surface area contributed by atoms with Gasteiger partial charge in [0.25, 0.3) is 0 Å². The number of ether oxygens (including phenoxy) is 2. The second kappa shape index (κ2) is 11.5. The largest absolute Gasteiger partial charge is 0.494 e. The Bertz CT molecular complexity index is 502. The molecule has 1 aromatic rings. The summed E-state index contributed by atoms with van der Waals surface area (Å²) in [6.45, 7) is 5.58. The summed E-state index contributed by atoms with van der Waals surface area (Å²) in [6.07, 6.45) is 1.57. The van der Waals surface area contributed by atoms with Gasteiger partial charge in [0.05, 0.1) is 13.2 Å². The van der Waals surface area contributed by atoms with Gasteiger partial charge in [-0.25, -0.2) is 0 Å². The van der Waals surface area contributed by atoms with E-state index in [4.69, 9.17) is 9.47 Å². The lowest BCUT2D eigenvalue weighted by Crippen LogP contribution is -2.29. The molecule has 24 heavy (non-hydrogen) atoms. The highest BCUT2D eigenvalue weighted by atomic mass is 16.5. The highest BCUT2D eigenvalue weighted by Crippen LogP contribution is 2.17. The predicted octanol–water partition coefficient (Wildman–Crippen LogP) is 2.59. The fraction of sp³-hybridized carbons (Fsp3) is 0.556. The Balaban J connectivity index is 2.32. The first-order valence-electron chi connectivity index (χ1n) is 8.33. The molecule has 0 saturated carbocycles. The molecule has 6 nitrogen and oxygen atoms in total. The van der Waals surface area contributed by atoms with Crippen LogP contribution in [0.1, 0.15) is 33.1 Å². The minimum atomic E-state index is -0.102. The third-order valence-electron chi connectivity index (χ3n) is 3.31. The minimum absolute atomic E-state index is 0.0281. The molecule has 0 aliphatic rings. The van der Waals surface area contributed by atoms with Crippen LogP contribution in [0.25, 0.3) is 0 Å². The van der Waals surface area contributed by atoms with Crippen molar-refractivity contribution >= 4 is 17.5 Å². The summed E-state index contributed by atoms with van der Waals surface area (Å²) in [5.74, 6) is 0.592. The maximum absolute atomic E-state index is 12.0. The zero-order valence-electron chi connectivity index (χ0n) is 14.8. The van der Waals surface area contributed by atoms with Gasteiger partial charge in [0, 0.05) is 32.2 Å². The van der Waals surface area contributed by atoms with Crippen molar-refractivity contribution in [1.29, 1.82) is 0 Å². The van der Waals surface area contributed by atoms with Crippen molar-refractivity contribution in [3.63, 3.8) is 0 Å². The molecule has 1 aromatic carbocycles. The SMILES string of the molecule is CCCOc1ccc(NC(=O)C[C@H](C)CC(=O)NCCOC)cc1.